The van der Waals surface area contributed by atoms with Gasteiger partial charge in [0.1, 0.15) is 18.4 Å². The Bertz CT molecular complexity index is 1470. The van der Waals surface area contributed by atoms with Crippen molar-refractivity contribution in [3.05, 3.63) is 94.2 Å². The molecule has 1 aliphatic carbocycles. The van der Waals surface area contributed by atoms with Crippen molar-refractivity contribution < 1.29 is 22.4 Å². The van der Waals surface area contributed by atoms with Crippen molar-refractivity contribution in [2.75, 3.05) is 10.8 Å². The molecule has 1 saturated carbocycles. The molecular formula is C30H32Cl2FN3O4S. The third kappa shape index (κ3) is 7.39. The highest BCUT2D eigenvalue weighted by molar-refractivity contribution is 7.92. The summed E-state index contributed by atoms with van der Waals surface area (Å²) < 4.78 is 42.3. The molecule has 1 N–H and O–H groups in total. The molecule has 1 atom stereocenters. The van der Waals surface area contributed by atoms with Gasteiger partial charge in [-0.3, -0.25) is 13.9 Å². The number of rotatable bonds is 11. The molecule has 218 valence electrons. The number of anilines is 1. The Morgan fingerprint density at radius 3 is 2.27 bits per heavy atom. The minimum Gasteiger partial charge on any atom is -0.352 e. The Hall–Kier alpha value is -3.14. The summed E-state index contributed by atoms with van der Waals surface area (Å²) in [7, 11) is -4.28. The predicted octanol–water partition coefficient (Wildman–Crippen LogP) is 6.19. The van der Waals surface area contributed by atoms with Gasteiger partial charge in [-0.2, -0.15) is 0 Å². The van der Waals surface area contributed by atoms with Crippen LogP contribution < -0.4 is 9.62 Å². The molecule has 3 aromatic carbocycles. The summed E-state index contributed by atoms with van der Waals surface area (Å²) in [5.74, 6) is -1.38. The predicted molar refractivity (Wildman–Crippen MR) is 159 cm³/mol. The van der Waals surface area contributed by atoms with Crippen LogP contribution in [-0.4, -0.2) is 43.8 Å². The van der Waals surface area contributed by atoms with Crippen molar-refractivity contribution >= 4 is 50.7 Å². The van der Waals surface area contributed by atoms with Crippen molar-refractivity contribution in [3.8, 4) is 0 Å². The van der Waals surface area contributed by atoms with E-state index in [-0.39, 0.29) is 45.5 Å². The monoisotopic (exact) mass is 619 g/mol. The van der Waals surface area contributed by atoms with Crippen molar-refractivity contribution in [1.29, 1.82) is 0 Å². The molecular weight excluding hydrogens is 588 g/mol. The van der Waals surface area contributed by atoms with E-state index in [1.807, 2.05) is 0 Å². The number of benzene rings is 3. The summed E-state index contributed by atoms with van der Waals surface area (Å²) in [6.45, 7) is 1.11. The highest BCUT2D eigenvalue weighted by atomic mass is 35.5. The van der Waals surface area contributed by atoms with E-state index in [2.05, 4.69) is 5.32 Å². The van der Waals surface area contributed by atoms with Gasteiger partial charge < -0.3 is 10.2 Å². The average Bonchev–Trinajstić information content (AvgIpc) is 3.47. The van der Waals surface area contributed by atoms with E-state index in [4.69, 9.17) is 23.2 Å². The Labute approximate surface area is 250 Å². The maximum absolute atomic E-state index is 14.1. The summed E-state index contributed by atoms with van der Waals surface area (Å²) in [5.41, 5.74) is 0.617. The number of amides is 2. The van der Waals surface area contributed by atoms with Crippen LogP contribution >= 0.6 is 23.2 Å². The van der Waals surface area contributed by atoms with Crippen LogP contribution in [-0.2, 0) is 26.2 Å². The number of nitrogens with zero attached hydrogens (tertiary/aromatic N) is 2. The van der Waals surface area contributed by atoms with Crippen LogP contribution in [0.3, 0.4) is 0 Å². The zero-order valence-corrected chi connectivity index (χ0v) is 24.9. The second kappa shape index (κ2) is 13.7. The van der Waals surface area contributed by atoms with Gasteiger partial charge in [-0.1, -0.05) is 79.4 Å². The van der Waals surface area contributed by atoms with Gasteiger partial charge in [0, 0.05) is 12.6 Å². The lowest BCUT2D eigenvalue weighted by molar-refractivity contribution is -0.140. The average molecular weight is 621 g/mol. The second-order valence-electron chi connectivity index (χ2n) is 9.96. The molecule has 1 fully saturated rings. The highest BCUT2D eigenvalue weighted by Crippen LogP contribution is 2.35. The largest absolute Gasteiger partial charge is 0.352 e. The lowest BCUT2D eigenvalue weighted by Gasteiger charge is -2.34. The molecule has 0 heterocycles. The number of hydrogen-bond donors (Lipinski definition) is 1. The Morgan fingerprint density at radius 2 is 1.63 bits per heavy atom. The molecule has 1 unspecified atom stereocenters. The van der Waals surface area contributed by atoms with Crippen LogP contribution in [0.4, 0.5) is 10.1 Å². The molecule has 4 rings (SSSR count). The first-order valence-electron chi connectivity index (χ1n) is 13.5. The van der Waals surface area contributed by atoms with Crippen molar-refractivity contribution in [1.82, 2.24) is 10.2 Å². The molecule has 0 spiro atoms. The van der Waals surface area contributed by atoms with Crippen LogP contribution in [0.2, 0.25) is 10.0 Å². The first-order valence-corrected chi connectivity index (χ1v) is 15.7. The van der Waals surface area contributed by atoms with Crippen molar-refractivity contribution in [3.63, 3.8) is 0 Å². The Balaban J connectivity index is 1.73. The fourth-order valence-electron chi connectivity index (χ4n) is 4.99. The summed E-state index contributed by atoms with van der Waals surface area (Å²) in [6, 6.07) is 17.0. The zero-order valence-electron chi connectivity index (χ0n) is 22.6. The highest BCUT2D eigenvalue weighted by Gasteiger charge is 2.35. The number of carbonyl (C=O) groups excluding carboxylic acids is 2. The van der Waals surface area contributed by atoms with E-state index < -0.39 is 34.3 Å². The molecule has 0 aromatic heterocycles. The Kier molecular flexibility index (Phi) is 10.3. The van der Waals surface area contributed by atoms with Crippen LogP contribution in [0.25, 0.3) is 0 Å². The lowest BCUT2D eigenvalue weighted by atomic mass is 10.1. The van der Waals surface area contributed by atoms with E-state index in [1.165, 1.54) is 53.4 Å². The van der Waals surface area contributed by atoms with Gasteiger partial charge in [0.25, 0.3) is 10.0 Å². The molecule has 11 heteroatoms. The van der Waals surface area contributed by atoms with E-state index in [9.17, 15) is 22.4 Å². The zero-order chi connectivity index (χ0) is 29.6. The van der Waals surface area contributed by atoms with E-state index in [1.54, 1.807) is 31.2 Å². The molecule has 2 amide bonds. The van der Waals surface area contributed by atoms with Crippen LogP contribution in [0, 0.1) is 5.82 Å². The van der Waals surface area contributed by atoms with Crippen molar-refractivity contribution in [2.45, 2.75) is 62.6 Å². The minimum atomic E-state index is -4.28. The van der Waals surface area contributed by atoms with Crippen molar-refractivity contribution in [2.24, 2.45) is 0 Å². The molecule has 41 heavy (non-hydrogen) atoms. The SMILES string of the molecule is CCC(C(=O)NC1CCCC1)N(Cc1ccc(F)cc1)C(=O)CN(c1cccc(Cl)c1Cl)S(=O)(=O)c1ccccc1. The number of sulfonamides is 1. The van der Waals surface area contributed by atoms with Gasteiger partial charge in [-0.15, -0.1) is 0 Å². The quantitative estimate of drug-likeness (QED) is 0.277. The number of nitrogens with one attached hydrogen (secondary N) is 1. The number of halogens is 3. The van der Waals surface area contributed by atoms with Gasteiger partial charge in [-0.25, -0.2) is 12.8 Å². The molecule has 0 aliphatic heterocycles. The maximum Gasteiger partial charge on any atom is 0.264 e. The van der Waals surface area contributed by atoms with Crippen LogP contribution in [0.15, 0.2) is 77.7 Å². The fraction of sp³-hybridized carbons (Fsp3) is 0.333. The molecule has 7 nitrogen and oxygen atoms in total. The van der Waals surface area contributed by atoms with E-state index >= 15 is 0 Å². The third-order valence-corrected chi connectivity index (χ3v) is 9.75. The topological polar surface area (TPSA) is 86.8 Å². The van der Waals surface area contributed by atoms with E-state index in [0.29, 0.717) is 5.56 Å². The first kappa shape index (κ1) is 30.8. The molecule has 1 aliphatic rings. The van der Waals surface area contributed by atoms with Gasteiger partial charge in [-0.05, 0) is 61.2 Å². The maximum atomic E-state index is 14.1. The first-order chi connectivity index (χ1) is 19.6. The summed E-state index contributed by atoms with van der Waals surface area (Å²) in [6.07, 6.45) is 4.06. The van der Waals surface area contributed by atoms with Gasteiger partial charge in [0.05, 0.1) is 20.6 Å². The third-order valence-electron chi connectivity index (χ3n) is 7.16. The summed E-state index contributed by atoms with van der Waals surface area (Å²) in [5, 5.41) is 3.15. The summed E-state index contributed by atoms with van der Waals surface area (Å²) >= 11 is 12.7. The minimum absolute atomic E-state index is 0.0274. The Morgan fingerprint density at radius 1 is 0.976 bits per heavy atom. The molecule has 3 aromatic rings. The molecule has 0 radical (unpaired) electrons. The van der Waals surface area contributed by atoms with Crippen LogP contribution in [0.5, 0.6) is 0 Å². The normalized spacial score (nSPS) is 14.4. The van der Waals surface area contributed by atoms with Gasteiger partial charge >= 0.3 is 0 Å². The number of hydrogen-bond acceptors (Lipinski definition) is 4. The molecule has 0 bridgehead atoms. The van der Waals surface area contributed by atoms with Crippen LogP contribution in [0.1, 0.15) is 44.6 Å². The van der Waals surface area contributed by atoms with Gasteiger partial charge in [0.15, 0.2) is 0 Å². The van der Waals surface area contributed by atoms with Gasteiger partial charge in [0.2, 0.25) is 11.8 Å². The summed E-state index contributed by atoms with van der Waals surface area (Å²) in [4.78, 5) is 28.9. The molecule has 0 saturated heterocycles. The lowest BCUT2D eigenvalue weighted by Crippen LogP contribution is -2.53. The second-order valence-corrected chi connectivity index (χ2v) is 12.6. The van der Waals surface area contributed by atoms with E-state index in [0.717, 1.165) is 30.0 Å². The standard InChI is InChI=1S/C30H32Cl2FN3O4S/c1-2-26(30(38)34-23-9-6-7-10-23)35(19-21-15-17-22(33)18-16-21)28(37)20-36(27-14-8-13-25(31)29(27)32)41(39,40)24-11-4-3-5-12-24/h3-5,8,11-18,23,26H,2,6-7,9-10,19-20H2,1H3,(H,34,38). The smallest absolute Gasteiger partial charge is 0.264 e. The fourth-order valence-corrected chi connectivity index (χ4v) is 6.89. The number of carbonyl (C=O) groups is 2.